The molecule has 1 aliphatic carbocycles. The summed E-state index contributed by atoms with van der Waals surface area (Å²) in [6.07, 6.45) is 5.45. The summed E-state index contributed by atoms with van der Waals surface area (Å²) in [5, 5.41) is 1.93. The van der Waals surface area contributed by atoms with Gasteiger partial charge in [-0.25, -0.2) is 0 Å². The summed E-state index contributed by atoms with van der Waals surface area (Å²) in [6, 6.07) is 5.58. The number of hydrogen-bond acceptors (Lipinski definition) is 1. The number of hydrogen-bond donors (Lipinski definition) is 0. The molecule has 1 nitrogen and oxygen atoms in total. The van der Waals surface area contributed by atoms with E-state index in [9.17, 15) is 4.79 Å². The lowest BCUT2D eigenvalue weighted by Crippen LogP contribution is -2.29. The zero-order chi connectivity index (χ0) is 10.1. The molecule has 14 heavy (non-hydrogen) atoms. The molecule has 0 aromatic heterocycles. The summed E-state index contributed by atoms with van der Waals surface area (Å²) in [4.78, 5) is 11.0. The van der Waals surface area contributed by atoms with Gasteiger partial charge in [0.15, 0.2) is 0 Å². The van der Waals surface area contributed by atoms with Crippen molar-refractivity contribution in [1.29, 1.82) is 0 Å². The molecule has 0 saturated heterocycles. The highest BCUT2D eigenvalue weighted by Gasteiger charge is 2.04. The monoisotopic (exact) mass is 206 g/mol. The van der Waals surface area contributed by atoms with E-state index in [1.807, 2.05) is 12.1 Å². The Labute approximate surface area is 87.7 Å². The van der Waals surface area contributed by atoms with E-state index in [1.165, 1.54) is 5.22 Å². The van der Waals surface area contributed by atoms with Crippen molar-refractivity contribution < 1.29 is 4.79 Å². The fraction of sp³-hybridized carbons (Fsp3) is 0.250. The van der Waals surface area contributed by atoms with Gasteiger partial charge in [0.2, 0.25) is 0 Å². The minimum Gasteiger partial charge on any atom is -0.276 e. The largest absolute Gasteiger partial charge is 0.276 e. The molecule has 72 valence electrons. The Kier molecular flexibility index (Phi) is 2.42. The SMILES string of the molecule is CC1C=c2cc(C(=O)Cl)ccc2=CC1. The third-order valence-corrected chi connectivity index (χ3v) is 2.71. The van der Waals surface area contributed by atoms with Crippen molar-refractivity contribution in [3.63, 3.8) is 0 Å². The average molecular weight is 207 g/mol. The van der Waals surface area contributed by atoms with Gasteiger partial charge in [0.1, 0.15) is 0 Å². The van der Waals surface area contributed by atoms with Crippen LogP contribution in [0.1, 0.15) is 23.7 Å². The highest BCUT2D eigenvalue weighted by Crippen LogP contribution is 2.07. The number of carbonyl (C=O) groups excluding carboxylic acids is 1. The second-order valence-corrected chi connectivity index (χ2v) is 4.04. The second kappa shape index (κ2) is 3.58. The molecule has 1 atom stereocenters. The number of rotatable bonds is 1. The van der Waals surface area contributed by atoms with E-state index in [1.54, 1.807) is 6.07 Å². The van der Waals surface area contributed by atoms with Gasteiger partial charge in [-0.3, -0.25) is 4.79 Å². The van der Waals surface area contributed by atoms with Gasteiger partial charge in [0.05, 0.1) is 0 Å². The Morgan fingerprint density at radius 2 is 2.21 bits per heavy atom. The highest BCUT2D eigenvalue weighted by atomic mass is 35.5. The lowest BCUT2D eigenvalue weighted by atomic mass is 9.98. The predicted molar refractivity (Wildman–Crippen MR) is 58.6 cm³/mol. The second-order valence-electron chi connectivity index (χ2n) is 3.70. The molecule has 0 heterocycles. The van der Waals surface area contributed by atoms with Gasteiger partial charge >= 0.3 is 0 Å². The van der Waals surface area contributed by atoms with Crippen LogP contribution in [0.2, 0.25) is 0 Å². The van der Waals surface area contributed by atoms with Gasteiger partial charge in [0, 0.05) is 5.56 Å². The van der Waals surface area contributed by atoms with Crippen molar-refractivity contribution in [2.24, 2.45) is 5.92 Å². The first-order valence-corrected chi connectivity index (χ1v) is 5.06. The van der Waals surface area contributed by atoms with Crippen LogP contribution < -0.4 is 10.4 Å². The maximum Gasteiger partial charge on any atom is 0.252 e. The zero-order valence-electron chi connectivity index (χ0n) is 7.96. The minimum atomic E-state index is -0.389. The Balaban J connectivity index is 2.65. The summed E-state index contributed by atoms with van der Waals surface area (Å²) in [6.45, 7) is 2.16. The molecule has 0 N–H and O–H groups in total. The molecule has 0 spiro atoms. The maximum absolute atomic E-state index is 11.0. The lowest BCUT2D eigenvalue weighted by Gasteiger charge is -2.07. The van der Waals surface area contributed by atoms with Crippen LogP contribution in [0.15, 0.2) is 18.2 Å². The molecule has 1 aromatic rings. The summed E-state index contributed by atoms with van der Waals surface area (Å²) in [7, 11) is 0. The molecule has 0 saturated carbocycles. The van der Waals surface area contributed by atoms with E-state index >= 15 is 0 Å². The van der Waals surface area contributed by atoms with Gasteiger partial charge < -0.3 is 0 Å². The summed E-state index contributed by atoms with van der Waals surface area (Å²) >= 11 is 5.42. The fourth-order valence-corrected chi connectivity index (χ4v) is 1.83. The van der Waals surface area contributed by atoms with Crippen LogP contribution in [0.25, 0.3) is 12.2 Å². The summed E-state index contributed by atoms with van der Waals surface area (Å²) < 4.78 is 0. The molecule has 1 unspecified atom stereocenters. The molecular formula is C12H11ClO. The van der Waals surface area contributed by atoms with E-state index in [2.05, 4.69) is 19.1 Å². The van der Waals surface area contributed by atoms with E-state index in [4.69, 9.17) is 11.6 Å². The van der Waals surface area contributed by atoms with Crippen molar-refractivity contribution in [1.82, 2.24) is 0 Å². The van der Waals surface area contributed by atoms with E-state index < -0.39 is 0 Å². The van der Waals surface area contributed by atoms with Gasteiger partial charge in [-0.15, -0.1) is 0 Å². The van der Waals surface area contributed by atoms with Crippen molar-refractivity contribution in [3.05, 3.63) is 34.2 Å². The molecule has 1 aromatic carbocycles. The topological polar surface area (TPSA) is 17.1 Å². The van der Waals surface area contributed by atoms with Crippen molar-refractivity contribution in [2.75, 3.05) is 0 Å². The number of carbonyl (C=O) groups is 1. The molecular weight excluding hydrogens is 196 g/mol. The molecule has 0 amide bonds. The smallest absolute Gasteiger partial charge is 0.252 e. The third kappa shape index (κ3) is 1.73. The van der Waals surface area contributed by atoms with Gasteiger partial charge in [-0.1, -0.05) is 25.1 Å². The molecule has 2 rings (SSSR count). The molecule has 1 aliphatic rings. The number of benzene rings is 1. The fourth-order valence-electron chi connectivity index (χ4n) is 1.71. The van der Waals surface area contributed by atoms with E-state index in [-0.39, 0.29) is 5.24 Å². The Morgan fingerprint density at radius 1 is 1.43 bits per heavy atom. The average Bonchev–Trinajstić information content (AvgIpc) is 2.16. The van der Waals surface area contributed by atoms with Crippen LogP contribution in [-0.2, 0) is 0 Å². The summed E-state index contributed by atoms with van der Waals surface area (Å²) in [5.41, 5.74) is 0.573. The van der Waals surface area contributed by atoms with Gasteiger partial charge in [0.25, 0.3) is 5.24 Å². The molecule has 0 radical (unpaired) electrons. The normalized spacial score (nSPS) is 19.1. The zero-order valence-corrected chi connectivity index (χ0v) is 8.71. The van der Waals surface area contributed by atoms with Crippen molar-refractivity contribution in [3.8, 4) is 0 Å². The van der Waals surface area contributed by atoms with Crippen molar-refractivity contribution >= 4 is 29.0 Å². The van der Waals surface area contributed by atoms with E-state index in [0.717, 1.165) is 11.6 Å². The predicted octanol–water partition coefficient (Wildman–Crippen LogP) is 1.67. The van der Waals surface area contributed by atoms with Crippen LogP contribution in [0, 0.1) is 5.92 Å². The van der Waals surface area contributed by atoms with E-state index in [0.29, 0.717) is 11.5 Å². The van der Waals surface area contributed by atoms with Crippen LogP contribution in [0.4, 0.5) is 0 Å². The van der Waals surface area contributed by atoms with Crippen LogP contribution in [0.5, 0.6) is 0 Å². The first-order valence-electron chi connectivity index (χ1n) is 4.69. The molecule has 0 fully saturated rings. The highest BCUT2D eigenvalue weighted by molar-refractivity contribution is 6.67. The van der Waals surface area contributed by atoms with Gasteiger partial charge in [-0.05, 0) is 46.5 Å². The number of fused-ring (bicyclic) bond motifs is 1. The third-order valence-electron chi connectivity index (χ3n) is 2.49. The Bertz CT molecular complexity index is 488. The minimum absolute atomic E-state index is 0.389. The number of halogens is 1. The van der Waals surface area contributed by atoms with Gasteiger partial charge in [-0.2, -0.15) is 0 Å². The van der Waals surface area contributed by atoms with Crippen molar-refractivity contribution in [2.45, 2.75) is 13.3 Å². The molecule has 0 bridgehead atoms. The molecule has 0 aliphatic heterocycles. The van der Waals surface area contributed by atoms with Crippen LogP contribution in [-0.4, -0.2) is 5.24 Å². The standard InChI is InChI=1S/C12H11ClO/c1-8-2-3-9-4-5-10(12(13)14)7-11(9)6-8/h3-8H,2H2,1H3. The first-order chi connectivity index (χ1) is 6.66. The summed E-state index contributed by atoms with van der Waals surface area (Å²) in [5.74, 6) is 0.545. The molecule has 2 heteroatoms. The van der Waals surface area contributed by atoms with Crippen LogP contribution in [0.3, 0.4) is 0 Å². The first kappa shape index (κ1) is 9.47. The quantitative estimate of drug-likeness (QED) is 0.639. The Morgan fingerprint density at radius 3 is 2.93 bits per heavy atom. The maximum atomic E-state index is 11.0. The van der Waals surface area contributed by atoms with Crippen LogP contribution >= 0.6 is 11.6 Å². The lowest BCUT2D eigenvalue weighted by molar-refractivity contribution is 0.108. The Hall–Kier alpha value is -1.08.